The van der Waals surface area contributed by atoms with Crippen molar-refractivity contribution in [2.75, 3.05) is 39.3 Å². The van der Waals surface area contributed by atoms with Gasteiger partial charge in [0.2, 0.25) is 0 Å². The molecule has 0 radical (unpaired) electrons. The van der Waals surface area contributed by atoms with E-state index in [0.29, 0.717) is 6.54 Å². The van der Waals surface area contributed by atoms with Crippen molar-refractivity contribution in [3.8, 4) is 12.3 Å². The quantitative estimate of drug-likeness (QED) is 0.418. The molecule has 96 valence electrons. The van der Waals surface area contributed by atoms with E-state index in [-0.39, 0.29) is 0 Å². The Labute approximate surface area is 105 Å². The maximum atomic E-state index is 5.22. The van der Waals surface area contributed by atoms with Crippen LogP contribution in [0.2, 0.25) is 0 Å². The first-order valence-corrected chi connectivity index (χ1v) is 6.54. The average Bonchev–Trinajstić information content (AvgIpc) is 2.37. The van der Waals surface area contributed by atoms with E-state index in [9.17, 15) is 0 Å². The van der Waals surface area contributed by atoms with Crippen LogP contribution < -0.4 is 10.6 Å². The van der Waals surface area contributed by atoms with Crippen molar-refractivity contribution in [1.29, 1.82) is 0 Å². The maximum Gasteiger partial charge on any atom is 0.192 e. The molecule has 1 fully saturated rings. The van der Waals surface area contributed by atoms with Gasteiger partial charge >= 0.3 is 0 Å². The Kier molecular flexibility index (Phi) is 7.24. The standard InChI is InChI=1S/C13H24N4/c1-3-8-15-13(14-4-2)16-9-12-17-10-6-5-7-11-17/h1H,4-12H2,2H3,(H2,14,15,16). The number of terminal acetylenes is 1. The molecule has 0 amide bonds. The lowest BCUT2D eigenvalue weighted by Gasteiger charge is -2.25. The minimum Gasteiger partial charge on any atom is -0.357 e. The normalized spacial score (nSPS) is 17.5. The second-order valence-electron chi connectivity index (χ2n) is 4.22. The van der Waals surface area contributed by atoms with E-state index >= 15 is 0 Å². The SMILES string of the molecule is C#CCNC(=NCCN1CCCCC1)NCC. The van der Waals surface area contributed by atoms with Crippen molar-refractivity contribution < 1.29 is 0 Å². The number of hydrogen-bond donors (Lipinski definition) is 2. The Morgan fingerprint density at radius 1 is 1.29 bits per heavy atom. The van der Waals surface area contributed by atoms with Gasteiger partial charge in [0.1, 0.15) is 0 Å². The number of nitrogens with zero attached hydrogens (tertiary/aromatic N) is 2. The molecule has 0 atom stereocenters. The molecule has 0 aromatic carbocycles. The third-order valence-corrected chi connectivity index (χ3v) is 2.84. The van der Waals surface area contributed by atoms with Crippen LogP contribution in [0.4, 0.5) is 0 Å². The fourth-order valence-corrected chi connectivity index (χ4v) is 1.96. The molecule has 1 rings (SSSR count). The summed E-state index contributed by atoms with van der Waals surface area (Å²) in [6.07, 6.45) is 9.26. The van der Waals surface area contributed by atoms with E-state index in [4.69, 9.17) is 6.42 Å². The average molecular weight is 236 g/mol. The van der Waals surface area contributed by atoms with Crippen molar-refractivity contribution in [1.82, 2.24) is 15.5 Å². The summed E-state index contributed by atoms with van der Waals surface area (Å²) in [5.74, 6) is 3.38. The maximum absolute atomic E-state index is 5.22. The van der Waals surface area contributed by atoms with Crippen LogP contribution in [0.3, 0.4) is 0 Å². The molecular formula is C13H24N4. The molecule has 1 saturated heterocycles. The molecule has 4 heteroatoms. The molecule has 17 heavy (non-hydrogen) atoms. The molecule has 1 heterocycles. The first-order chi connectivity index (χ1) is 8.36. The van der Waals surface area contributed by atoms with Crippen LogP contribution in [0, 0.1) is 12.3 Å². The Morgan fingerprint density at radius 3 is 2.71 bits per heavy atom. The van der Waals surface area contributed by atoms with E-state index in [0.717, 1.165) is 25.6 Å². The second kappa shape index (κ2) is 8.89. The summed E-state index contributed by atoms with van der Waals surface area (Å²) >= 11 is 0. The van der Waals surface area contributed by atoms with Crippen LogP contribution in [0.15, 0.2) is 4.99 Å². The third-order valence-electron chi connectivity index (χ3n) is 2.84. The Bertz CT molecular complexity index is 261. The zero-order valence-corrected chi connectivity index (χ0v) is 10.8. The Balaban J connectivity index is 2.24. The summed E-state index contributed by atoms with van der Waals surface area (Å²) in [5, 5.41) is 6.27. The lowest BCUT2D eigenvalue weighted by molar-refractivity contribution is 0.235. The van der Waals surface area contributed by atoms with E-state index < -0.39 is 0 Å². The van der Waals surface area contributed by atoms with Gasteiger partial charge in [0.25, 0.3) is 0 Å². The number of aliphatic imine (C=N–C) groups is 1. The van der Waals surface area contributed by atoms with Crippen LogP contribution in [-0.4, -0.2) is 50.1 Å². The summed E-state index contributed by atoms with van der Waals surface area (Å²) in [6, 6.07) is 0. The van der Waals surface area contributed by atoms with Gasteiger partial charge in [-0.15, -0.1) is 6.42 Å². The van der Waals surface area contributed by atoms with Crippen molar-refractivity contribution in [2.45, 2.75) is 26.2 Å². The summed E-state index contributed by atoms with van der Waals surface area (Å²) < 4.78 is 0. The molecule has 0 unspecified atom stereocenters. The fourth-order valence-electron chi connectivity index (χ4n) is 1.96. The van der Waals surface area contributed by atoms with Crippen LogP contribution in [0.25, 0.3) is 0 Å². The first kappa shape index (κ1) is 13.9. The van der Waals surface area contributed by atoms with Crippen LogP contribution in [-0.2, 0) is 0 Å². The highest BCUT2D eigenvalue weighted by Gasteiger charge is 2.08. The number of piperidine rings is 1. The summed E-state index contributed by atoms with van der Waals surface area (Å²) in [5.41, 5.74) is 0. The molecular weight excluding hydrogens is 212 g/mol. The molecule has 1 aliphatic heterocycles. The van der Waals surface area contributed by atoms with Gasteiger partial charge in [-0.3, -0.25) is 4.99 Å². The predicted molar refractivity (Wildman–Crippen MR) is 73.1 cm³/mol. The van der Waals surface area contributed by atoms with Gasteiger partial charge in [-0.05, 0) is 32.9 Å². The molecule has 0 bridgehead atoms. The van der Waals surface area contributed by atoms with Gasteiger partial charge in [0.05, 0.1) is 13.1 Å². The highest BCUT2D eigenvalue weighted by atomic mass is 15.2. The molecule has 2 N–H and O–H groups in total. The minimum absolute atomic E-state index is 0.523. The van der Waals surface area contributed by atoms with Gasteiger partial charge in [0, 0.05) is 13.1 Å². The van der Waals surface area contributed by atoms with Gasteiger partial charge in [-0.1, -0.05) is 12.3 Å². The lowest BCUT2D eigenvalue weighted by Crippen LogP contribution is -2.38. The predicted octanol–water partition coefficient (Wildman–Crippen LogP) is 0.661. The summed E-state index contributed by atoms with van der Waals surface area (Å²) in [6.45, 7) is 7.77. The van der Waals surface area contributed by atoms with Gasteiger partial charge in [-0.2, -0.15) is 0 Å². The third kappa shape index (κ3) is 6.18. The molecule has 4 nitrogen and oxygen atoms in total. The minimum atomic E-state index is 0.523. The van der Waals surface area contributed by atoms with E-state index in [1.54, 1.807) is 0 Å². The smallest absolute Gasteiger partial charge is 0.192 e. The number of rotatable bonds is 5. The number of guanidine groups is 1. The number of likely N-dealkylation sites (tertiary alicyclic amines) is 1. The molecule has 1 aliphatic rings. The van der Waals surface area contributed by atoms with Gasteiger partial charge in [0.15, 0.2) is 5.96 Å². The van der Waals surface area contributed by atoms with Crippen molar-refractivity contribution in [2.24, 2.45) is 4.99 Å². The highest BCUT2D eigenvalue weighted by Crippen LogP contribution is 2.07. The Morgan fingerprint density at radius 2 is 2.06 bits per heavy atom. The van der Waals surface area contributed by atoms with Crippen molar-refractivity contribution in [3.05, 3.63) is 0 Å². The van der Waals surface area contributed by atoms with E-state index in [2.05, 4.69) is 33.4 Å². The topological polar surface area (TPSA) is 39.7 Å². The highest BCUT2D eigenvalue weighted by molar-refractivity contribution is 5.79. The van der Waals surface area contributed by atoms with E-state index in [1.807, 2.05) is 0 Å². The second-order valence-corrected chi connectivity index (χ2v) is 4.22. The molecule has 0 aromatic heterocycles. The summed E-state index contributed by atoms with van der Waals surface area (Å²) in [7, 11) is 0. The molecule has 0 saturated carbocycles. The van der Waals surface area contributed by atoms with Gasteiger partial charge in [-0.25, -0.2) is 0 Å². The lowest BCUT2D eigenvalue weighted by atomic mass is 10.1. The van der Waals surface area contributed by atoms with Crippen molar-refractivity contribution >= 4 is 5.96 Å². The largest absolute Gasteiger partial charge is 0.357 e. The van der Waals surface area contributed by atoms with E-state index in [1.165, 1.54) is 32.4 Å². The Hall–Kier alpha value is -1.21. The molecule has 0 aromatic rings. The number of nitrogens with one attached hydrogen (secondary N) is 2. The summed E-state index contributed by atoms with van der Waals surface area (Å²) in [4.78, 5) is 6.99. The zero-order valence-electron chi connectivity index (χ0n) is 10.8. The number of hydrogen-bond acceptors (Lipinski definition) is 2. The van der Waals surface area contributed by atoms with Crippen LogP contribution in [0.5, 0.6) is 0 Å². The van der Waals surface area contributed by atoms with Crippen molar-refractivity contribution in [3.63, 3.8) is 0 Å². The fraction of sp³-hybridized carbons (Fsp3) is 0.769. The van der Waals surface area contributed by atoms with Crippen LogP contribution in [0.1, 0.15) is 26.2 Å². The molecule has 0 aliphatic carbocycles. The molecule has 0 spiro atoms. The zero-order chi connectivity index (χ0) is 12.3. The monoisotopic (exact) mass is 236 g/mol. The van der Waals surface area contributed by atoms with Crippen LogP contribution >= 0.6 is 0 Å². The first-order valence-electron chi connectivity index (χ1n) is 6.54. The van der Waals surface area contributed by atoms with Gasteiger partial charge < -0.3 is 15.5 Å².